The third kappa shape index (κ3) is 3.33. The molecule has 1 fully saturated rings. The zero-order valence-corrected chi connectivity index (χ0v) is 13.7. The summed E-state index contributed by atoms with van der Waals surface area (Å²) in [5.74, 6) is -0.191. The van der Waals surface area contributed by atoms with Crippen LogP contribution in [-0.4, -0.2) is 39.6 Å². The van der Waals surface area contributed by atoms with Crippen LogP contribution in [0.1, 0.15) is 34.1 Å². The van der Waals surface area contributed by atoms with Crippen molar-refractivity contribution in [3.05, 3.63) is 0 Å². The molecule has 0 saturated carbocycles. The molecule has 0 aromatic rings. The van der Waals surface area contributed by atoms with Gasteiger partial charge in [0.25, 0.3) is 0 Å². The second-order valence-electron chi connectivity index (χ2n) is 6.68. The highest BCUT2D eigenvalue weighted by molar-refractivity contribution is 6.74. The van der Waals surface area contributed by atoms with Gasteiger partial charge in [0.2, 0.25) is 0 Å². The number of rotatable bonds is 3. The second-order valence-corrected chi connectivity index (χ2v) is 11.4. The van der Waals surface area contributed by atoms with E-state index in [9.17, 15) is 4.79 Å². The molecule has 1 aliphatic heterocycles. The van der Waals surface area contributed by atoms with Crippen molar-refractivity contribution in [3.8, 4) is 0 Å². The van der Waals surface area contributed by atoms with Crippen LogP contribution in [0.2, 0.25) is 18.1 Å². The van der Waals surface area contributed by atoms with Gasteiger partial charge in [-0.25, -0.2) is 0 Å². The van der Waals surface area contributed by atoms with Gasteiger partial charge in [0.05, 0.1) is 13.2 Å². The first-order valence-corrected chi connectivity index (χ1v) is 9.51. The summed E-state index contributed by atoms with van der Waals surface area (Å²) < 4.78 is 11.2. The van der Waals surface area contributed by atoms with E-state index < -0.39 is 8.32 Å². The fourth-order valence-electron chi connectivity index (χ4n) is 1.94. The normalized spacial score (nSPS) is 29.4. The number of esters is 1. The maximum atomic E-state index is 11.5. The molecule has 0 bridgehead atoms. The quantitative estimate of drug-likeness (QED) is 0.633. The van der Waals surface area contributed by atoms with Gasteiger partial charge in [0.15, 0.2) is 8.32 Å². The van der Waals surface area contributed by atoms with E-state index in [2.05, 4.69) is 46.1 Å². The van der Waals surface area contributed by atoms with Crippen LogP contribution in [0.4, 0.5) is 0 Å². The Balaban J connectivity index is 2.67. The van der Waals surface area contributed by atoms with Gasteiger partial charge in [0.1, 0.15) is 6.04 Å². The minimum absolute atomic E-state index is 0.106. The number of carbonyl (C=O) groups excluding carboxylic acids is 1. The lowest BCUT2D eigenvalue weighted by Crippen LogP contribution is -2.46. The van der Waals surface area contributed by atoms with E-state index in [-0.39, 0.29) is 29.2 Å². The number of hydrogen-bond donors (Lipinski definition) is 1. The molecule has 0 radical (unpaired) electrons. The molecule has 0 aromatic heterocycles. The monoisotopic (exact) mass is 273 g/mol. The van der Waals surface area contributed by atoms with Crippen molar-refractivity contribution in [1.82, 2.24) is 5.32 Å². The van der Waals surface area contributed by atoms with E-state index in [0.717, 1.165) is 0 Å². The minimum Gasteiger partial charge on any atom is -0.468 e. The standard InChI is InChI=1S/C13H27NO3Si/c1-9-11(8-10(14-9)12(15)16-5)17-18(6,7)13(2,3)4/h9-11,14H,8H2,1-7H3/t9?,10-,11+/m1/s1. The molecular formula is C13H27NO3Si. The van der Waals surface area contributed by atoms with E-state index in [1.807, 2.05) is 0 Å². The third-order valence-corrected chi connectivity index (χ3v) is 8.73. The van der Waals surface area contributed by atoms with Crippen LogP contribution in [0.3, 0.4) is 0 Å². The van der Waals surface area contributed by atoms with Gasteiger partial charge in [0, 0.05) is 6.04 Å². The molecule has 5 heteroatoms. The van der Waals surface area contributed by atoms with E-state index in [0.29, 0.717) is 6.42 Å². The van der Waals surface area contributed by atoms with Crippen molar-refractivity contribution in [3.63, 3.8) is 0 Å². The Morgan fingerprint density at radius 2 is 1.89 bits per heavy atom. The Kier molecular flexibility index (Phi) is 4.62. The van der Waals surface area contributed by atoms with Crippen LogP contribution in [0.5, 0.6) is 0 Å². The van der Waals surface area contributed by atoms with Crippen molar-refractivity contribution in [2.45, 2.75) is 70.4 Å². The van der Waals surface area contributed by atoms with Crippen molar-refractivity contribution < 1.29 is 14.0 Å². The second kappa shape index (κ2) is 5.31. The van der Waals surface area contributed by atoms with Crippen LogP contribution in [0.15, 0.2) is 0 Å². The molecule has 0 aliphatic carbocycles. The molecule has 4 nitrogen and oxygen atoms in total. The molecule has 0 spiro atoms. The van der Waals surface area contributed by atoms with E-state index >= 15 is 0 Å². The number of nitrogens with one attached hydrogen (secondary N) is 1. The zero-order valence-electron chi connectivity index (χ0n) is 12.7. The highest BCUT2D eigenvalue weighted by atomic mass is 28.4. The number of carbonyl (C=O) groups is 1. The number of hydrogen-bond acceptors (Lipinski definition) is 4. The summed E-state index contributed by atoms with van der Waals surface area (Å²) in [5.41, 5.74) is 0. The average molecular weight is 273 g/mol. The first-order valence-electron chi connectivity index (χ1n) is 6.60. The van der Waals surface area contributed by atoms with Gasteiger partial charge in [-0.05, 0) is 31.5 Å². The first kappa shape index (κ1) is 15.7. The fraction of sp³-hybridized carbons (Fsp3) is 0.923. The molecule has 18 heavy (non-hydrogen) atoms. The Morgan fingerprint density at radius 3 is 2.33 bits per heavy atom. The summed E-state index contributed by atoms with van der Waals surface area (Å²) in [7, 11) is -0.351. The zero-order chi connectivity index (χ0) is 14.1. The summed E-state index contributed by atoms with van der Waals surface area (Å²) in [4.78, 5) is 11.5. The first-order chi connectivity index (χ1) is 8.08. The summed E-state index contributed by atoms with van der Waals surface area (Å²) in [6, 6.07) is -0.0250. The van der Waals surface area contributed by atoms with E-state index in [1.54, 1.807) is 0 Å². The summed E-state index contributed by atoms with van der Waals surface area (Å²) in [5, 5.41) is 3.44. The summed E-state index contributed by atoms with van der Waals surface area (Å²) in [6.07, 6.45) is 0.815. The topological polar surface area (TPSA) is 47.6 Å². The van der Waals surface area contributed by atoms with Gasteiger partial charge in [-0.2, -0.15) is 0 Å². The molecule has 1 saturated heterocycles. The lowest BCUT2D eigenvalue weighted by molar-refractivity contribution is -0.142. The summed E-state index contributed by atoms with van der Waals surface area (Å²) >= 11 is 0. The predicted octanol–water partition coefficient (Wildman–Crippen LogP) is 2.30. The lowest BCUT2D eigenvalue weighted by Gasteiger charge is -2.39. The highest BCUT2D eigenvalue weighted by Crippen LogP contribution is 2.38. The predicted molar refractivity (Wildman–Crippen MR) is 75.1 cm³/mol. The SMILES string of the molecule is COC(=O)[C@H]1C[C@H](O[Si](C)(C)C(C)(C)C)C(C)N1. The molecular weight excluding hydrogens is 246 g/mol. The van der Waals surface area contributed by atoms with Gasteiger partial charge in [-0.3, -0.25) is 10.1 Å². The Labute approximate surface area is 112 Å². The van der Waals surface area contributed by atoms with Crippen LogP contribution in [0, 0.1) is 0 Å². The van der Waals surface area contributed by atoms with Gasteiger partial charge >= 0.3 is 5.97 Å². The molecule has 3 atom stereocenters. The number of methoxy groups -OCH3 is 1. The maximum Gasteiger partial charge on any atom is 0.322 e. The largest absolute Gasteiger partial charge is 0.468 e. The lowest BCUT2D eigenvalue weighted by atomic mass is 10.1. The summed E-state index contributed by atoms with van der Waals surface area (Å²) in [6.45, 7) is 13.2. The van der Waals surface area contributed by atoms with Gasteiger partial charge < -0.3 is 9.16 Å². The molecule has 1 unspecified atom stereocenters. The Morgan fingerprint density at radius 1 is 1.33 bits per heavy atom. The molecule has 0 amide bonds. The van der Waals surface area contributed by atoms with Crippen molar-refractivity contribution in [1.29, 1.82) is 0 Å². The van der Waals surface area contributed by atoms with Crippen LogP contribution in [0.25, 0.3) is 0 Å². The van der Waals surface area contributed by atoms with Crippen molar-refractivity contribution >= 4 is 14.3 Å². The minimum atomic E-state index is -1.78. The van der Waals surface area contributed by atoms with Crippen LogP contribution >= 0.6 is 0 Å². The Bertz CT molecular complexity index is 312. The van der Waals surface area contributed by atoms with Crippen molar-refractivity contribution in [2.24, 2.45) is 0 Å². The molecule has 0 aromatic carbocycles. The van der Waals surface area contributed by atoms with Gasteiger partial charge in [-0.15, -0.1) is 0 Å². The molecule has 1 aliphatic rings. The van der Waals surface area contributed by atoms with Crippen LogP contribution < -0.4 is 5.32 Å². The third-order valence-electron chi connectivity index (χ3n) is 4.23. The fourth-order valence-corrected chi connectivity index (χ4v) is 3.35. The van der Waals surface area contributed by atoms with Gasteiger partial charge in [-0.1, -0.05) is 20.8 Å². The maximum absolute atomic E-state index is 11.5. The molecule has 106 valence electrons. The van der Waals surface area contributed by atoms with Crippen LogP contribution in [-0.2, 0) is 14.0 Å². The number of ether oxygens (including phenoxy) is 1. The Hall–Kier alpha value is -0.393. The highest BCUT2D eigenvalue weighted by Gasteiger charge is 2.44. The van der Waals surface area contributed by atoms with Crippen molar-refractivity contribution in [2.75, 3.05) is 7.11 Å². The smallest absolute Gasteiger partial charge is 0.322 e. The van der Waals surface area contributed by atoms with E-state index in [1.165, 1.54) is 7.11 Å². The molecule has 1 N–H and O–H groups in total. The average Bonchev–Trinajstić information content (AvgIpc) is 2.57. The molecule has 1 rings (SSSR count). The van der Waals surface area contributed by atoms with E-state index in [4.69, 9.17) is 9.16 Å². The molecule has 1 heterocycles.